The van der Waals surface area contributed by atoms with Crippen molar-refractivity contribution in [3.63, 3.8) is 0 Å². The van der Waals surface area contributed by atoms with Crippen LogP contribution in [-0.4, -0.2) is 32.8 Å². The van der Waals surface area contributed by atoms with Crippen molar-refractivity contribution in [1.29, 1.82) is 0 Å². The lowest BCUT2D eigenvalue weighted by Gasteiger charge is -2.41. The van der Waals surface area contributed by atoms with Crippen molar-refractivity contribution in [2.75, 3.05) is 18.0 Å². The van der Waals surface area contributed by atoms with Gasteiger partial charge in [0.2, 0.25) is 0 Å². The molecule has 0 saturated carbocycles. The Hall–Kier alpha value is -2.24. The molecule has 2 aromatic heterocycles. The Kier molecular flexibility index (Phi) is 3.40. The van der Waals surface area contributed by atoms with Crippen molar-refractivity contribution < 1.29 is 0 Å². The van der Waals surface area contributed by atoms with Gasteiger partial charge in [0, 0.05) is 36.3 Å². The summed E-state index contributed by atoms with van der Waals surface area (Å²) in [7, 11) is 0. The minimum atomic E-state index is 0.0536. The van der Waals surface area contributed by atoms with Gasteiger partial charge in [-0.3, -0.25) is 4.79 Å². The smallest absolute Gasteiger partial charge is 0.267 e. The first-order valence-corrected chi connectivity index (χ1v) is 9.38. The maximum Gasteiger partial charge on any atom is 0.267 e. The second kappa shape index (κ2) is 5.64. The van der Waals surface area contributed by atoms with E-state index in [0.717, 1.165) is 74.6 Å². The zero-order valence-corrected chi connectivity index (χ0v) is 14.7. The predicted octanol–water partition coefficient (Wildman–Crippen LogP) is 1.46. The van der Waals surface area contributed by atoms with E-state index in [1.165, 1.54) is 17.7 Å². The molecule has 0 N–H and O–H groups in total. The Balaban J connectivity index is 1.31. The largest absolute Gasteiger partial charge is 0.355 e. The van der Waals surface area contributed by atoms with E-state index >= 15 is 0 Å². The van der Waals surface area contributed by atoms with Crippen LogP contribution in [0, 0.1) is 12.8 Å². The highest BCUT2D eigenvalue weighted by Crippen LogP contribution is 2.33. The van der Waals surface area contributed by atoms with Gasteiger partial charge in [-0.25, -0.2) is 14.6 Å². The minimum Gasteiger partial charge on any atom is -0.355 e. The molecule has 25 heavy (non-hydrogen) atoms. The van der Waals surface area contributed by atoms with Gasteiger partial charge in [0.25, 0.3) is 5.56 Å². The quantitative estimate of drug-likeness (QED) is 0.848. The fourth-order valence-electron chi connectivity index (χ4n) is 4.47. The second-order valence-corrected chi connectivity index (χ2v) is 7.63. The summed E-state index contributed by atoms with van der Waals surface area (Å²) in [6.07, 6.45) is 6.51. The number of aromatic nitrogens is 4. The van der Waals surface area contributed by atoms with E-state index in [1.54, 1.807) is 10.7 Å². The molecule has 0 atom stereocenters. The Bertz CT molecular complexity index is 897. The van der Waals surface area contributed by atoms with Crippen LogP contribution in [0.4, 0.5) is 5.82 Å². The fraction of sp³-hybridized carbons (Fsp3) is 0.579. The van der Waals surface area contributed by atoms with Gasteiger partial charge in [-0.15, -0.1) is 0 Å². The molecule has 3 heterocycles. The zero-order chi connectivity index (χ0) is 17.0. The number of anilines is 1. The summed E-state index contributed by atoms with van der Waals surface area (Å²) < 4.78 is 1.68. The zero-order valence-electron chi connectivity index (χ0n) is 14.7. The number of nitrogens with zero attached hydrogens (tertiary/aromatic N) is 5. The molecule has 0 spiro atoms. The molecule has 1 saturated heterocycles. The number of hydrogen-bond acceptors (Lipinski definition) is 5. The van der Waals surface area contributed by atoms with Crippen molar-refractivity contribution in [3.8, 4) is 0 Å². The Labute approximate surface area is 146 Å². The molecular formula is C19H23N5O. The number of hydrogen-bond donors (Lipinski definition) is 0. The Morgan fingerprint density at radius 2 is 1.88 bits per heavy atom. The summed E-state index contributed by atoms with van der Waals surface area (Å²) in [6, 6.07) is 1.80. The third-order valence-corrected chi connectivity index (χ3v) is 5.73. The number of fused-ring (bicyclic) bond motifs is 2. The number of aryl methyl sites for hydroxylation is 4. The third-order valence-electron chi connectivity index (χ3n) is 5.73. The molecule has 6 heteroatoms. The standard InChI is InChI=1S/C19H23N5O/c1-12-20-17-7-3-5-15(17)19(21-12)23-9-13(10-23)11-24-18(25)8-14-4-2-6-16(14)22-24/h8,13H,2-7,9-11H2,1H3. The molecule has 130 valence electrons. The molecule has 0 amide bonds. The van der Waals surface area contributed by atoms with Crippen molar-refractivity contribution in [3.05, 3.63) is 44.8 Å². The first-order valence-electron chi connectivity index (χ1n) is 9.38. The van der Waals surface area contributed by atoms with Gasteiger partial charge in [0.1, 0.15) is 11.6 Å². The maximum atomic E-state index is 12.3. The van der Waals surface area contributed by atoms with Crippen LogP contribution in [0.15, 0.2) is 10.9 Å². The van der Waals surface area contributed by atoms with E-state index in [2.05, 4.69) is 15.0 Å². The second-order valence-electron chi connectivity index (χ2n) is 7.63. The fourth-order valence-corrected chi connectivity index (χ4v) is 4.47. The summed E-state index contributed by atoms with van der Waals surface area (Å²) >= 11 is 0. The van der Waals surface area contributed by atoms with Crippen LogP contribution in [0.2, 0.25) is 0 Å². The van der Waals surface area contributed by atoms with Gasteiger partial charge in [-0.05, 0) is 51.0 Å². The Morgan fingerprint density at radius 1 is 1.08 bits per heavy atom. The van der Waals surface area contributed by atoms with E-state index in [-0.39, 0.29) is 5.56 Å². The van der Waals surface area contributed by atoms with Crippen LogP contribution in [0.3, 0.4) is 0 Å². The van der Waals surface area contributed by atoms with Gasteiger partial charge in [0.05, 0.1) is 12.2 Å². The molecule has 2 aliphatic carbocycles. The molecule has 6 nitrogen and oxygen atoms in total. The van der Waals surface area contributed by atoms with Gasteiger partial charge >= 0.3 is 0 Å². The molecular weight excluding hydrogens is 314 g/mol. The lowest BCUT2D eigenvalue weighted by molar-refractivity contribution is 0.330. The van der Waals surface area contributed by atoms with E-state index in [9.17, 15) is 4.79 Å². The van der Waals surface area contributed by atoms with Crippen LogP contribution < -0.4 is 10.5 Å². The molecule has 1 fully saturated rings. The van der Waals surface area contributed by atoms with E-state index in [4.69, 9.17) is 4.98 Å². The lowest BCUT2D eigenvalue weighted by Crippen LogP contribution is -2.50. The Morgan fingerprint density at radius 3 is 2.76 bits per heavy atom. The van der Waals surface area contributed by atoms with Gasteiger partial charge in [-0.2, -0.15) is 5.10 Å². The lowest BCUT2D eigenvalue weighted by atomic mass is 9.99. The summed E-state index contributed by atoms with van der Waals surface area (Å²) in [4.78, 5) is 23.9. The minimum absolute atomic E-state index is 0.0536. The monoisotopic (exact) mass is 337 g/mol. The van der Waals surface area contributed by atoms with Crippen molar-refractivity contribution in [2.24, 2.45) is 5.92 Å². The van der Waals surface area contributed by atoms with E-state index in [1.807, 2.05) is 6.92 Å². The maximum absolute atomic E-state index is 12.3. The van der Waals surface area contributed by atoms with E-state index < -0.39 is 0 Å². The molecule has 1 aliphatic heterocycles. The summed E-state index contributed by atoms with van der Waals surface area (Å²) in [5.74, 6) is 2.47. The number of rotatable bonds is 3. The average molecular weight is 337 g/mol. The van der Waals surface area contributed by atoms with Crippen LogP contribution in [0.1, 0.15) is 41.2 Å². The average Bonchev–Trinajstić information content (AvgIpc) is 3.18. The third kappa shape index (κ3) is 2.55. The van der Waals surface area contributed by atoms with Crippen molar-refractivity contribution in [1.82, 2.24) is 19.7 Å². The predicted molar refractivity (Wildman–Crippen MR) is 95.0 cm³/mol. The highest BCUT2D eigenvalue weighted by atomic mass is 16.1. The van der Waals surface area contributed by atoms with Crippen LogP contribution in [-0.2, 0) is 32.2 Å². The van der Waals surface area contributed by atoms with E-state index in [0.29, 0.717) is 5.92 Å². The molecule has 0 radical (unpaired) electrons. The normalized spacial score (nSPS) is 19.0. The van der Waals surface area contributed by atoms with Crippen LogP contribution in [0.25, 0.3) is 0 Å². The topological polar surface area (TPSA) is 63.9 Å². The highest BCUT2D eigenvalue weighted by molar-refractivity contribution is 5.53. The van der Waals surface area contributed by atoms with Crippen molar-refractivity contribution in [2.45, 2.75) is 52.0 Å². The molecule has 2 aromatic rings. The summed E-state index contributed by atoms with van der Waals surface area (Å²) in [6.45, 7) is 4.60. The van der Waals surface area contributed by atoms with Crippen LogP contribution in [0.5, 0.6) is 0 Å². The van der Waals surface area contributed by atoms with Gasteiger partial charge in [0.15, 0.2) is 0 Å². The molecule has 0 aromatic carbocycles. The van der Waals surface area contributed by atoms with Crippen LogP contribution >= 0.6 is 0 Å². The first-order chi connectivity index (χ1) is 12.2. The summed E-state index contributed by atoms with van der Waals surface area (Å²) in [5, 5.41) is 4.60. The first kappa shape index (κ1) is 15.0. The van der Waals surface area contributed by atoms with Gasteiger partial charge < -0.3 is 4.90 Å². The molecule has 5 rings (SSSR count). The molecule has 0 bridgehead atoms. The van der Waals surface area contributed by atoms with Crippen molar-refractivity contribution >= 4 is 5.82 Å². The summed E-state index contributed by atoms with van der Waals surface area (Å²) in [5.41, 5.74) is 4.92. The van der Waals surface area contributed by atoms with Gasteiger partial charge in [-0.1, -0.05) is 0 Å². The molecule has 3 aliphatic rings. The SMILES string of the molecule is Cc1nc2c(c(N3CC(Cn4nc5c(cc4=O)CCC5)C3)n1)CCC2. The molecule has 0 unspecified atom stereocenters. The highest BCUT2D eigenvalue weighted by Gasteiger charge is 2.32.